The molecule has 3 atom stereocenters. The van der Waals surface area contributed by atoms with Crippen molar-refractivity contribution in [1.29, 1.82) is 0 Å². The Morgan fingerprint density at radius 2 is 1.60 bits per heavy atom. The highest BCUT2D eigenvalue weighted by molar-refractivity contribution is 5.99. The van der Waals surface area contributed by atoms with Crippen LogP contribution in [-0.4, -0.2) is 47.6 Å². The third-order valence-corrected chi connectivity index (χ3v) is 7.82. The monoisotopic (exact) mass is 586 g/mol. The van der Waals surface area contributed by atoms with E-state index in [2.05, 4.69) is 73.0 Å². The van der Waals surface area contributed by atoms with Crippen molar-refractivity contribution in [1.82, 2.24) is 10.2 Å². The zero-order valence-electron chi connectivity index (χ0n) is 26.0. The van der Waals surface area contributed by atoms with E-state index in [0.29, 0.717) is 19.5 Å². The summed E-state index contributed by atoms with van der Waals surface area (Å²) >= 11 is 0. The lowest BCUT2D eigenvalue weighted by molar-refractivity contribution is -0.130. The summed E-state index contributed by atoms with van der Waals surface area (Å²) in [6, 6.07) is 9.31. The van der Waals surface area contributed by atoms with Crippen LogP contribution in [0.4, 0.5) is 0 Å². The van der Waals surface area contributed by atoms with Crippen LogP contribution in [0, 0.1) is 5.92 Å². The molecule has 232 valence electrons. The molecule has 2 aliphatic heterocycles. The second kappa shape index (κ2) is 18.9. The Kier molecular flexibility index (Phi) is 15.0. The number of hydrogen-bond donors (Lipinski definition) is 2. The van der Waals surface area contributed by atoms with Gasteiger partial charge in [-0.1, -0.05) is 98.0 Å². The topological polar surface area (TPSA) is 78.9 Å². The Morgan fingerprint density at radius 1 is 1.00 bits per heavy atom. The quantitative estimate of drug-likeness (QED) is 0.109. The van der Waals surface area contributed by atoms with E-state index in [1.54, 1.807) is 6.92 Å². The van der Waals surface area contributed by atoms with Crippen molar-refractivity contribution in [2.45, 2.75) is 83.5 Å². The number of ether oxygens (including phenoxy) is 1. The molecule has 43 heavy (non-hydrogen) atoms. The summed E-state index contributed by atoms with van der Waals surface area (Å²) in [5.74, 6) is 0.498. The van der Waals surface area contributed by atoms with E-state index in [4.69, 9.17) is 4.74 Å². The minimum Gasteiger partial charge on any atom is -0.475 e. The standard InChI is InChI=1S/C37H50N2O4/c1-3-4-5-6-7-8-9-10-11-12-13-14-15-16-17-18-22-25-35(41)39-27-26-31(30-39)29-38-36(42)33-28-34(40)37(2,43-33)32-23-20-19-21-24-32/h4-5,7-8,10-11,13-14,16-17,19-21,23-24,28,31,36,38,42H,3,6,9,12,15,18,22,25-27,29-30H2,1-2H3/b5-4-,8-7-,11-10-,14-13-,17-16-/t31-,36?,37?/m0/s1. The van der Waals surface area contributed by atoms with Gasteiger partial charge in [-0.25, -0.2) is 0 Å². The van der Waals surface area contributed by atoms with E-state index in [0.717, 1.165) is 63.5 Å². The van der Waals surface area contributed by atoms with Gasteiger partial charge in [-0.15, -0.1) is 0 Å². The van der Waals surface area contributed by atoms with E-state index < -0.39 is 11.8 Å². The van der Waals surface area contributed by atoms with Gasteiger partial charge in [0.1, 0.15) is 5.76 Å². The SMILES string of the molecule is CC/C=C\C/C=C\C/C=C\C/C=C\C/C=C\CCCC(=O)N1CC[C@@H](CNC(O)C2=CC(=O)C(C)(c3ccccc3)O2)C1. The number of aliphatic hydroxyl groups excluding tert-OH is 1. The molecule has 0 radical (unpaired) electrons. The summed E-state index contributed by atoms with van der Waals surface area (Å²) in [7, 11) is 0. The van der Waals surface area contributed by atoms with Crippen LogP contribution in [0.5, 0.6) is 0 Å². The number of benzene rings is 1. The minimum absolute atomic E-state index is 0.184. The summed E-state index contributed by atoms with van der Waals surface area (Å²) < 4.78 is 5.93. The number of carbonyl (C=O) groups is 2. The first-order chi connectivity index (χ1) is 20.9. The molecule has 2 unspecified atom stereocenters. The number of hydrogen-bond acceptors (Lipinski definition) is 5. The number of allylic oxidation sites excluding steroid dienone is 10. The Morgan fingerprint density at radius 3 is 2.23 bits per heavy atom. The smallest absolute Gasteiger partial charge is 0.222 e. The minimum atomic E-state index is -1.12. The van der Waals surface area contributed by atoms with Gasteiger partial charge in [0.2, 0.25) is 11.7 Å². The van der Waals surface area contributed by atoms with Gasteiger partial charge in [0, 0.05) is 37.7 Å². The van der Waals surface area contributed by atoms with Crippen molar-refractivity contribution < 1.29 is 19.4 Å². The molecule has 1 fully saturated rings. The third-order valence-electron chi connectivity index (χ3n) is 7.82. The normalized spacial score (nSPS) is 21.7. The van der Waals surface area contributed by atoms with Crippen LogP contribution in [-0.2, 0) is 19.9 Å². The average molecular weight is 587 g/mol. The Bertz CT molecular complexity index is 1180. The molecule has 1 amide bonds. The van der Waals surface area contributed by atoms with Crippen LogP contribution < -0.4 is 5.32 Å². The Hall–Kier alpha value is -3.48. The summed E-state index contributed by atoms with van der Waals surface area (Å²) in [6.45, 7) is 5.84. The van der Waals surface area contributed by atoms with Crippen LogP contribution in [0.15, 0.2) is 103 Å². The molecule has 6 heteroatoms. The molecule has 3 rings (SSSR count). The number of unbranched alkanes of at least 4 members (excludes halogenated alkanes) is 1. The Balaban J connectivity index is 1.23. The van der Waals surface area contributed by atoms with Gasteiger partial charge in [0.05, 0.1) is 0 Å². The van der Waals surface area contributed by atoms with Crippen molar-refractivity contribution in [2.75, 3.05) is 19.6 Å². The Labute approximate surface area is 258 Å². The van der Waals surface area contributed by atoms with E-state index in [1.165, 1.54) is 6.08 Å². The maximum Gasteiger partial charge on any atom is 0.222 e. The molecular weight excluding hydrogens is 536 g/mol. The first-order valence-corrected chi connectivity index (χ1v) is 15.9. The number of likely N-dealkylation sites (tertiary alicyclic amines) is 1. The van der Waals surface area contributed by atoms with Crippen molar-refractivity contribution in [3.8, 4) is 0 Å². The first-order valence-electron chi connectivity index (χ1n) is 15.9. The number of aliphatic hydroxyl groups is 1. The van der Waals surface area contributed by atoms with Crippen LogP contribution in [0.3, 0.4) is 0 Å². The molecular formula is C37H50N2O4. The van der Waals surface area contributed by atoms with E-state index in [9.17, 15) is 14.7 Å². The van der Waals surface area contributed by atoms with Gasteiger partial charge >= 0.3 is 0 Å². The highest BCUT2D eigenvalue weighted by atomic mass is 16.5. The zero-order chi connectivity index (χ0) is 30.8. The van der Waals surface area contributed by atoms with Crippen LogP contribution >= 0.6 is 0 Å². The fourth-order valence-corrected chi connectivity index (χ4v) is 5.18. The van der Waals surface area contributed by atoms with Gasteiger partial charge < -0.3 is 14.7 Å². The maximum atomic E-state index is 12.7. The van der Waals surface area contributed by atoms with Crippen molar-refractivity contribution in [3.05, 3.63) is 108 Å². The summed E-state index contributed by atoms with van der Waals surface area (Å²) in [4.78, 5) is 27.3. The molecule has 0 aliphatic carbocycles. The second-order valence-electron chi connectivity index (χ2n) is 11.3. The molecule has 0 saturated carbocycles. The highest BCUT2D eigenvalue weighted by Crippen LogP contribution is 2.35. The second-order valence-corrected chi connectivity index (χ2v) is 11.3. The largest absolute Gasteiger partial charge is 0.475 e. The van der Waals surface area contributed by atoms with E-state index in [-0.39, 0.29) is 23.4 Å². The molecule has 2 heterocycles. The van der Waals surface area contributed by atoms with Gasteiger partial charge in [-0.05, 0) is 64.2 Å². The molecule has 1 aromatic rings. The lowest BCUT2D eigenvalue weighted by Gasteiger charge is -2.26. The number of carbonyl (C=O) groups excluding carboxylic acids is 2. The first kappa shape index (κ1) is 34.0. The number of nitrogens with one attached hydrogen (secondary N) is 1. The highest BCUT2D eigenvalue weighted by Gasteiger charge is 2.43. The lowest BCUT2D eigenvalue weighted by Crippen LogP contribution is -2.37. The van der Waals surface area contributed by atoms with E-state index >= 15 is 0 Å². The molecule has 1 saturated heterocycles. The average Bonchev–Trinajstić information content (AvgIpc) is 3.62. The molecule has 0 spiro atoms. The van der Waals surface area contributed by atoms with Crippen LogP contribution in [0.25, 0.3) is 0 Å². The van der Waals surface area contributed by atoms with Gasteiger partial charge in [0.25, 0.3) is 0 Å². The zero-order valence-corrected chi connectivity index (χ0v) is 26.0. The summed E-state index contributed by atoms with van der Waals surface area (Å²) in [5.41, 5.74) is -0.368. The van der Waals surface area contributed by atoms with Crippen molar-refractivity contribution in [2.24, 2.45) is 5.92 Å². The number of nitrogens with zero attached hydrogens (tertiary/aromatic N) is 1. The molecule has 2 N–H and O–H groups in total. The number of amides is 1. The fraction of sp³-hybridized carbons (Fsp3) is 0.459. The van der Waals surface area contributed by atoms with Crippen molar-refractivity contribution >= 4 is 11.7 Å². The lowest BCUT2D eigenvalue weighted by atomic mass is 9.92. The third kappa shape index (κ3) is 11.6. The van der Waals surface area contributed by atoms with E-state index in [1.807, 2.05) is 35.2 Å². The predicted molar refractivity (Wildman–Crippen MR) is 175 cm³/mol. The van der Waals surface area contributed by atoms with Crippen LogP contribution in [0.1, 0.15) is 77.2 Å². The fourth-order valence-electron chi connectivity index (χ4n) is 5.18. The molecule has 2 aliphatic rings. The molecule has 0 bridgehead atoms. The van der Waals surface area contributed by atoms with Crippen molar-refractivity contribution in [3.63, 3.8) is 0 Å². The molecule has 1 aromatic carbocycles. The number of ketones is 1. The summed E-state index contributed by atoms with van der Waals surface area (Å²) in [6.07, 6.45) is 30.4. The van der Waals surface area contributed by atoms with Gasteiger partial charge in [0.15, 0.2) is 11.8 Å². The van der Waals surface area contributed by atoms with Crippen LogP contribution in [0.2, 0.25) is 0 Å². The van der Waals surface area contributed by atoms with Gasteiger partial charge in [-0.3, -0.25) is 14.9 Å². The predicted octanol–water partition coefficient (Wildman–Crippen LogP) is 7.06. The number of rotatable bonds is 18. The summed E-state index contributed by atoms with van der Waals surface area (Å²) in [5, 5.41) is 13.7. The van der Waals surface area contributed by atoms with Gasteiger partial charge in [-0.2, -0.15) is 0 Å². The molecule has 0 aromatic heterocycles. The molecule has 6 nitrogen and oxygen atoms in total. The maximum absolute atomic E-state index is 12.7.